The molecule has 2 heterocycles. The van der Waals surface area contributed by atoms with Crippen LogP contribution >= 0.6 is 0 Å². The van der Waals surface area contributed by atoms with E-state index in [0.29, 0.717) is 19.5 Å². The van der Waals surface area contributed by atoms with E-state index < -0.39 is 0 Å². The fourth-order valence-electron chi connectivity index (χ4n) is 3.14. The van der Waals surface area contributed by atoms with Gasteiger partial charge in [-0.3, -0.25) is 19.3 Å². The molecule has 2 atom stereocenters. The summed E-state index contributed by atoms with van der Waals surface area (Å²) in [6.07, 6.45) is 2.99. The van der Waals surface area contributed by atoms with Crippen molar-refractivity contribution in [3.05, 3.63) is 0 Å². The monoisotopic (exact) mass is 296 g/mol. The number of nitrogens with one attached hydrogen (secondary N) is 1. The van der Waals surface area contributed by atoms with E-state index in [1.54, 1.807) is 4.90 Å². The number of nitrogens with two attached hydrogens (primary N) is 1. The minimum Gasteiger partial charge on any atom is -0.370 e. The Balaban J connectivity index is 1.72. The molecule has 2 saturated heterocycles. The Morgan fingerprint density at radius 1 is 1.24 bits per heavy atom. The Kier molecular flexibility index (Phi) is 5.17. The van der Waals surface area contributed by atoms with Gasteiger partial charge in [0.2, 0.25) is 17.7 Å². The van der Waals surface area contributed by atoms with Crippen LogP contribution in [0.5, 0.6) is 0 Å². The van der Waals surface area contributed by atoms with E-state index in [0.717, 1.165) is 25.8 Å². The molecule has 3 N–H and O–H groups in total. The maximum absolute atomic E-state index is 12.1. The van der Waals surface area contributed by atoms with Crippen molar-refractivity contribution < 1.29 is 14.4 Å². The van der Waals surface area contributed by atoms with E-state index in [1.807, 2.05) is 11.9 Å². The SMILES string of the molecule is CN1CCCC1C(=O)NCC(=O)N1CCC(CC(N)=O)C1. The van der Waals surface area contributed by atoms with Crippen molar-refractivity contribution in [1.82, 2.24) is 15.1 Å². The van der Waals surface area contributed by atoms with Gasteiger partial charge >= 0.3 is 0 Å². The third kappa shape index (κ3) is 4.17. The minimum atomic E-state index is -0.327. The molecular formula is C14H24N4O3. The number of carbonyl (C=O) groups is 3. The smallest absolute Gasteiger partial charge is 0.241 e. The third-order valence-electron chi connectivity index (χ3n) is 4.37. The number of amides is 3. The van der Waals surface area contributed by atoms with Gasteiger partial charge in [0.1, 0.15) is 0 Å². The highest BCUT2D eigenvalue weighted by Gasteiger charge is 2.30. The van der Waals surface area contributed by atoms with Crippen LogP contribution in [-0.4, -0.2) is 66.8 Å². The highest BCUT2D eigenvalue weighted by Crippen LogP contribution is 2.19. The highest BCUT2D eigenvalue weighted by molar-refractivity contribution is 5.87. The zero-order chi connectivity index (χ0) is 15.4. The van der Waals surface area contributed by atoms with E-state index in [1.165, 1.54) is 0 Å². The summed E-state index contributed by atoms with van der Waals surface area (Å²) in [5.41, 5.74) is 5.17. The molecule has 0 aliphatic carbocycles. The molecule has 0 radical (unpaired) electrons. The van der Waals surface area contributed by atoms with E-state index in [2.05, 4.69) is 5.32 Å². The summed E-state index contributed by atoms with van der Waals surface area (Å²) < 4.78 is 0. The molecule has 2 rings (SSSR count). The fourth-order valence-corrected chi connectivity index (χ4v) is 3.14. The van der Waals surface area contributed by atoms with Crippen LogP contribution in [0.15, 0.2) is 0 Å². The van der Waals surface area contributed by atoms with Crippen molar-refractivity contribution in [2.45, 2.75) is 31.7 Å². The fraction of sp³-hybridized carbons (Fsp3) is 0.786. The lowest BCUT2D eigenvalue weighted by Crippen LogP contribution is -2.45. The molecule has 2 aliphatic rings. The van der Waals surface area contributed by atoms with Crippen LogP contribution in [-0.2, 0) is 14.4 Å². The molecule has 2 fully saturated rings. The van der Waals surface area contributed by atoms with Crippen LogP contribution in [0.3, 0.4) is 0 Å². The second-order valence-corrected chi connectivity index (χ2v) is 6.02. The van der Waals surface area contributed by atoms with Gasteiger partial charge in [-0.05, 0) is 38.8 Å². The van der Waals surface area contributed by atoms with Crippen molar-refractivity contribution in [3.63, 3.8) is 0 Å². The molecule has 7 heteroatoms. The van der Waals surface area contributed by atoms with Gasteiger partial charge in [-0.15, -0.1) is 0 Å². The first-order valence-corrected chi connectivity index (χ1v) is 7.51. The van der Waals surface area contributed by atoms with Crippen molar-refractivity contribution in [2.24, 2.45) is 11.7 Å². The average Bonchev–Trinajstić information content (AvgIpc) is 3.04. The van der Waals surface area contributed by atoms with Crippen LogP contribution < -0.4 is 11.1 Å². The molecule has 0 bridgehead atoms. The quantitative estimate of drug-likeness (QED) is 0.674. The second-order valence-electron chi connectivity index (χ2n) is 6.02. The number of rotatable bonds is 5. The molecule has 3 amide bonds. The lowest BCUT2D eigenvalue weighted by atomic mass is 10.1. The first kappa shape index (κ1) is 15.8. The summed E-state index contributed by atoms with van der Waals surface area (Å²) in [5, 5.41) is 2.72. The predicted molar refractivity (Wildman–Crippen MR) is 77.2 cm³/mol. The van der Waals surface area contributed by atoms with Crippen molar-refractivity contribution in [2.75, 3.05) is 33.2 Å². The van der Waals surface area contributed by atoms with E-state index >= 15 is 0 Å². The molecule has 7 nitrogen and oxygen atoms in total. The van der Waals surface area contributed by atoms with Crippen LogP contribution in [0.2, 0.25) is 0 Å². The van der Waals surface area contributed by atoms with Gasteiger partial charge in [0.25, 0.3) is 0 Å². The van der Waals surface area contributed by atoms with Gasteiger partial charge in [0.15, 0.2) is 0 Å². The summed E-state index contributed by atoms with van der Waals surface area (Å²) in [5.74, 6) is -0.331. The number of likely N-dealkylation sites (tertiary alicyclic amines) is 2. The first-order valence-electron chi connectivity index (χ1n) is 7.51. The highest BCUT2D eigenvalue weighted by atomic mass is 16.2. The molecule has 0 aromatic rings. The molecule has 0 spiro atoms. The van der Waals surface area contributed by atoms with Gasteiger partial charge in [-0.1, -0.05) is 0 Å². The molecule has 21 heavy (non-hydrogen) atoms. The molecular weight excluding hydrogens is 272 g/mol. The van der Waals surface area contributed by atoms with Crippen molar-refractivity contribution in [1.29, 1.82) is 0 Å². The zero-order valence-corrected chi connectivity index (χ0v) is 12.5. The normalized spacial score (nSPS) is 26.0. The maximum atomic E-state index is 12.1. The summed E-state index contributed by atoms with van der Waals surface area (Å²) in [4.78, 5) is 38.7. The molecule has 0 aromatic heterocycles. The standard InChI is InChI=1S/C14H24N4O3/c1-17-5-2-3-11(17)14(21)16-8-13(20)18-6-4-10(9-18)7-12(15)19/h10-11H,2-9H2,1H3,(H2,15,19)(H,16,21). The number of hydrogen-bond donors (Lipinski definition) is 2. The summed E-state index contributed by atoms with van der Waals surface area (Å²) in [7, 11) is 1.92. The lowest BCUT2D eigenvalue weighted by Gasteiger charge is -2.20. The number of nitrogens with zero attached hydrogens (tertiary/aromatic N) is 2. The molecule has 0 saturated carbocycles. The van der Waals surface area contributed by atoms with Gasteiger partial charge in [-0.2, -0.15) is 0 Å². The molecule has 2 aliphatic heterocycles. The van der Waals surface area contributed by atoms with Crippen molar-refractivity contribution in [3.8, 4) is 0 Å². The van der Waals surface area contributed by atoms with Crippen LogP contribution in [0.4, 0.5) is 0 Å². The Hall–Kier alpha value is -1.63. The Labute approximate surface area is 124 Å². The van der Waals surface area contributed by atoms with E-state index in [-0.39, 0.29) is 36.2 Å². The van der Waals surface area contributed by atoms with Crippen LogP contribution in [0, 0.1) is 5.92 Å². The largest absolute Gasteiger partial charge is 0.370 e. The maximum Gasteiger partial charge on any atom is 0.241 e. The summed E-state index contributed by atoms with van der Waals surface area (Å²) in [6.45, 7) is 2.15. The average molecular weight is 296 g/mol. The second kappa shape index (κ2) is 6.89. The number of hydrogen-bond acceptors (Lipinski definition) is 4. The number of carbonyl (C=O) groups excluding carboxylic acids is 3. The molecule has 2 unspecified atom stereocenters. The van der Waals surface area contributed by atoms with Crippen LogP contribution in [0.1, 0.15) is 25.7 Å². The predicted octanol–water partition coefficient (Wildman–Crippen LogP) is -1.08. The Morgan fingerprint density at radius 3 is 2.62 bits per heavy atom. The number of primary amides is 1. The zero-order valence-electron chi connectivity index (χ0n) is 12.5. The van der Waals surface area contributed by atoms with Crippen LogP contribution in [0.25, 0.3) is 0 Å². The lowest BCUT2D eigenvalue weighted by molar-refractivity contribution is -0.133. The summed E-state index contributed by atoms with van der Waals surface area (Å²) in [6, 6.07) is -0.112. The van der Waals surface area contributed by atoms with E-state index in [9.17, 15) is 14.4 Å². The summed E-state index contributed by atoms with van der Waals surface area (Å²) >= 11 is 0. The van der Waals surface area contributed by atoms with Gasteiger partial charge in [-0.25, -0.2) is 0 Å². The van der Waals surface area contributed by atoms with Crippen molar-refractivity contribution >= 4 is 17.7 Å². The third-order valence-corrected chi connectivity index (χ3v) is 4.37. The topological polar surface area (TPSA) is 95.7 Å². The first-order chi connectivity index (χ1) is 9.97. The number of likely N-dealkylation sites (N-methyl/N-ethyl adjacent to an activating group) is 1. The van der Waals surface area contributed by atoms with Gasteiger partial charge in [0, 0.05) is 19.5 Å². The van der Waals surface area contributed by atoms with Gasteiger partial charge in [0.05, 0.1) is 12.6 Å². The van der Waals surface area contributed by atoms with Gasteiger partial charge < -0.3 is 16.0 Å². The molecule has 118 valence electrons. The van der Waals surface area contributed by atoms with E-state index in [4.69, 9.17) is 5.73 Å². The minimum absolute atomic E-state index is 0.0342. The Bertz CT molecular complexity index is 426. The molecule has 0 aromatic carbocycles. The Morgan fingerprint density at radius 2 is 2.00 bits per heavy atom.